The van der Waals surface area contributed by atoms with Gasteiger partial charge in [-0.1, -0.05) is 11.6 Å². The van der Waals surface area contributed by atoms with Crippen molar-refractivity contribution in [2.45, 2.75) is 0 Å². The Bertz CT molecular complexity index is 560. The second-order valence-corrected chi connectivity index (χ2v) is 4.65. The zero-order valence-electron chi connectivity index (χ0n) is 10.8. The van der Waals surface area contributed by atoms with Gasteiger partial charge in [-0.25, -0.2) is 4.98 Å². The topological polar surface area (TPSA) is 81.0 Å². The van der Waals surface area contributed by atoms with E-state index in [-0.39, 0.29) is 11.5 Å². The summed E-state index contributed by atoms with van der Waals surface area (Å²) in [4.78, 5) is 17.8. The van der Waals surface area contributed by atoms with Gasteiger partial charge in [0.25, 0.3) is 5.91 Å². The summed E-state index contributed by atoms with van der Waals surface area (Å²) in [6, 6.07) is 5.17. The summed E-state index contributed by atoms with van der Waals surface area (Å²) in [7, 11) is 0. The molecule has 0 spiro atoms. The average molecular weight is 292 g/mol. The number of hydrogen-bond donors (Lipinski definition) is 2. The maximum Gasteiger partial charge on any atom is 0.266 e. The van der Waals surface area contributed by atoms with Crippen LogP contribution in [-0.2, 0) is 4.79 Å². The van der Waals surface area contributed by atoms with Crippen LogP contribution in [-0.4, -0.2) is 42.0 Å². The molecule has 2 heterocycles. The number of nitrogens with one attached hydrogen (secondary N) is 2. The van der Waals surface area contributed by atoms with E-state index in [0.29, 0.717) is 23.9 Å². The third kappa shape index (κ3) is 3.70. The van der Waals surface area contributed by atoms with Gasteiger partial charge in [0.05, 0.1) is 0 Å². The molecule has 2 N–H and O–H groups in total. The minimum Gasteiger partial charge on any atom is -0.345 e. The van der Waals surface area contributed by atoms with E-state index in [0.717, 1.165) is 13.1 Å². The lowest BCUT2D eigenvalue weighted by atomic mass is 10.2. The molecule has 6 nitrogen and oxygen atoms in total. The van der Waals surface area contributed by atoms with E-state index >= 15 is 0 Å². The summed E-state index contributed by atoms with van der Waals surface area (Å²) in [5, 5.41) is 15.6. The molecule has 0 aliphatic carbocycles. The molecule has 0 unspecified atom stereocenters. The fourth-order valence-electron chi connectivity index (χ4n) is 1.81. The van der Waals surface area contributed by atoms with Gasteiger partial charge in [0.2, 0.25) is 0 Å². The molecule has 1 amide bonds. The summed E-state index contributed by atoms with van der Waals surface area (Å²) in [5.74, 6) is 0.210. The molecule has 1 saturated heterocycles. The number of nitriles is 1. The van der Waals surface area contributed by atoms with Gasteiger partial charge in [0.15, 0.2) is 0 Å². The maximum absolute atomic E-state index is 12.1. The number of piperazine rings is 1. The predicted octanol–water partition coefficient (Wildman–Crippen LogP) is 0.986. The van der Waals surface area contributed by atoms with Crippen molar-refractivity contribution in [3.05, 3.63) is 35.1 Å². The van der Waals surface area contributed by atoms with Crippen LogP contribution >= 0.6 is 11.6 Å². The summed E-state index contributed by atoms with van der Waals surface area (Å²) >= 11 is 5.83. The summed E-state index contributed by atoms with van der Waals surface area (Å²) in [6.45, 7) is 2.70. The Morgan fingerprint density at radius 2 is 2.30 bits per heavy atom. The molecule has 104 valence electrons. The molecule has 1 aromatic rings. The number of halogens is 1. The van der Waals surface area contributed by atoms with E-state index in [9.17, 15) is 4.79 Å². The highest BCUT2D eigenvalue weighted by atomic mass is 35.5. The van der Waals surface area contributed by atoms with Crippen molar-refractivity contribution < 1.29 is 4.79 Å². The average Bonchev–Trinajstić information content (AvgIpc) is 2.48. The molecule has 0 saturated carbocycles. The zero-order chi connectivity index (χ0) is 14.4. The zero-order valence-corrected chi connectivity index (χ0v) is 11.5. The van der Waals surface area contributed by atoms with E-state index in [1.54, 1.807) is 23.2 Å². The fourth-order valence-corrected chi connectivity index (χ4v) is 1.97. The van der Waals surface area contributed by atoms with Crippen LogP contribution in [0.1, 0.15) is 0 Å². The number of aromatic nitrogens is 1. The van der Waals surface area contributed by atoms with Gasteiger partial charge in [0, 0.05) is 43.6 Å². The van der Waals surface area contributed by atoms with Gasteiger partial charge in [-0.05, 0) is 12.1 Å². The number of nitrogens with zero attached hydrogens (tertiary/aromatic N) is 3. The maximum atomic E-state index is 12.1. The van der Waals surface area contributed by atoms with Crippen LogP contribution in [0, 0.1) is 11.3 Å². The van der Waals surface area contributed by atoms with E-state index < -0.39 is 0 Å². The van der Waals surface area contributed by atoms with Gasteiger partial charge >= 0.3 is 0 Å². The van der Waals surface area contributed by atoms with Crippen LogP contribution in [0.2, 0.25) is 5.02 Å². The highest BCUT2D eigenvalue weighted by Gasteiger charge is 2.19. The molecule has 1 fully saturated rings. The Kier molecular flexibility index (Phi) is 4.93. The molecule has 7 heteroatoms. The van der Waals surface area contributed by atoms with Crippen LogP contribution in [0.25, 0.3) is 0 Å². The van der Waals surface area contributed by atoms with Gasteiger partial charge in [-0.15, -0.1) is 0 Å². The molecule has 0 atom stereocenters. The van der Waals surface area contributed by atoms with Crippen molar-refractivity contribution in [2.75, 3.05) is 31.5 Å². The van der Waals surface area contributed by atoms with Gasteiger partial charge in [0.1, 0.15) is 17.5 Å². The number of carbonyl (C=O) groups is 1. The van der Waals surface area contributed by atoms with Crippen molar-refractivity contribution in [3.8, 4) is 6.07 Å². The monoisotopic (exact) mass is 291 g/mol. The molecule has 20 heavy (non-hydrogen) atoms. The SMILES string of the molecule is N#C/C(=C/Nc1cc(Cl)ccn1)C(=O)N1CCNCC1. The number of amides is 1. The molecular formula is C13H14ClN5O. The Morgan fingerprint density at radius 3 is 2.95 bits per heavy atom. The lowest BCUT2D eigenvalue weighted by molar-refractivity contribution is -0.127. The Labute approximate surface area is 122 Å². The van der Waals surface area contributed by atoms with E-state index in [4.69, 9.17) is 16.9 Å². The molecule has 0 radical (unpaired) electrons. The standard InChI is InChI=1S/C13H14ClN5O/c14-11-1-2-17-12(7-11)18-9-10(8-15)13(20)19-5-3-16-4-6-19/h1-2,7,9,16H,3-6H2,(H,17,18)/b10-9-. The lowest BCUT2D eigenvalue weighted by Crippen LogP contribution is -2.46. The second kappa shape index (κ2) is 6.89. The van der Waals surface area contributed by atoms with Crippen LogP contribution in [0.4, 0.5) is 5.82 Å². The third-order valence-electron chi connectivity index (χ3n) is 2.84. The van der Waals surface area contributed by atoms with Crippen LogP contribution in [0.5, 0.6) is 0 Å². The van der Waals surface area contributed by atoms with Gasteiger partial charge in [-0.2, -0.15) is 5.26 Å². The van der Waals surface area contributed by atoms with Crippen molar-refractivity contribution in [1.82, 2.24) is 15.2 Å². The van der Waals surface area contributed by atoms with Crippen molar-refractivity contribution in [3.63, 3.8) is 0 Å². The lowest BCUT2D eigenvalue weighted by Gasteiger charge is -2.27. The Morgan fingerprint density at radius 1 is 1.55 bits per heavy atom. The second-order valence-electron chi connectivity index (χ2n) is 4.22. The molecule has 1 aromatic heterocycles. The quantitative estimate of drug-likeness (QED) is 0.641. The predicted molar refractivity (Wildman–Crippen MR) is 76.0 cm³/mol. The van der Waals surface area contributed by atoms with Crippen LogP contribution in [0.15, 0.2) is 30.1 Å². The van der Waals surface area contributed by atoms with Crippen molar-refractivity contribution >= 4 is 23.3 Å². The number of anilines is 1. The number of pyridine rings is 1. The van der Waals surface area contributed by atoms with Crippen molar-refractivity contribution in [1.29, 1.82) is 5.26 Å². The molecule has 1 aliphatic heterocycles. The highest BCUT2D eigenvalue weighted by Crippen LogP contribution is 2.12. The first-order valence-electron chi connectivity index (χ1n) is 6.19. The first-order valence-corrected chi connectivity index (χ1v) is 6.57. The van der Waals surface area contributed by atoms with Crippen molar-refractivity contribution in [2.24, 2.45) is 0 Å². The Balaban J connectivity index is 2.05. The summed E-state index contributed by atoms with van der Waals surface area (Å²) in [5.41, 5.74) is 0.0497. The largest absolute Gasteiger partial charge is 0.345 e. The van der Waals surface area contributed by atoms with Crippen LogP contribution < -0.4 is 10.6 Å². The van der Waals surface area contributed by atoms with E-state index in [1.165, 1.54) is 6.20 Å². The summed E-state index contributed by atoms with van der Waals surface area (Å²) in [6.07, 6.45) is 2.91. The number of rotatable bonds is 3. The van der Waals surface area contributed by atoms with E-state index in [1.807, 2.05) is 6.07 Å². The molecular weight excluding hydrogens is 278 g/mol. The molecule has 2 rings (SSSR count). The number of carbonyl (C=O) groups excluding carboxylic acids is 1. The normalized spacial score (nSPS) is 15.6. The minimum absolute atomic E-state index is 0.0497. The first kappa shape index (κ1) is 14.3. The summed E-state index contributed by atoms with van der Waals surface area (Å²) < 4.78 is 0. The number of hydrogen-bond acceptors (Lipinski definition) is 5. The van der Waals surface area contributed by atoms with Gasteiger partial charge < -0.3 is 15.5 Å². The molecule has 0 aromatic carbocycles. The first-order chi connectivity index (χ1) is 9.70. The molecule has 0 bridgehead atoms. The highest BCUT2D eigenvalue weighted by molar-refractivity contribution is 6.30. The Hall–Kier alpha value is -2.10. The van der Waals surface area contributed by atoms with Crippen LogP contribution in [0.3, 0.4) is 0 Å². The van der Waals surface area contributed by atoms with E-state index in [2.05, 4.69) is 15.6 Å². The van der Waals surface area contributed by atoms with Gasteiger partial charge in [-0.3, -0.25) is 4.79 Å². The smallest absolute Gasteiger partial charge is 0.266 e. The molecule has 1 aliphatic rings. The fraction of sp³-hybridized carbons (Fsp3) is 0.308. The third-order valence-corrected chi connectivity index (χ3v) is 3.08. The minimum atomic E-state index is -0.275.